The number of fused-ring (bicyclic) bond motifs is 2. The molecule has 43 heavy (non-hydrogen) atoms. The van der Waals surface area contributed by atoms with E-state index in [-0.39, 0.29) is 29.9 Å². The number of rotatable bonds is 7. The van der Waals surface area contributed by atoms with Crippen molar-refractivity contribution in [1.29, 1.82) is 0 Å². The zero-order valence-electron chi connectivity index (χ0n) is 23.4. The predicted octanol–water partition coefficient (Wildman–Crippen LogP) is 3.39. The van der Waals surface area contributed by atoms with E-state index in [0.29, 0.717) is 59.5 Å². The van der Waals surface area contributed by atoms with Crippen LogP contribution in [0.25, 0.3) is 10.1 Å². The van der Waals surface area contributed by atoms with Crippen LogP contribution in [0.3, 0.4) is 0 Å². The number of halogens is 1. The molecule has 3 aromatic rings. The fraction of sp³-hybridized carbons (Fsp3) is 0.448. The van der Waals surface area contributed by atoms with Gasteiger partial charge in [-0.2, -0.15) is 0 Å². The molecule has 6 rings (SSSR count). The number of ether oxygens (including phenoxy) is 1. The van der Waals surface area contributed by atoms with Gasteiger partial charge in [-0.3, -0.25) is 23.9 Å². The molecule has 0 radical (unpaired) electrons. The van der Waals surface area contributed by atoms with E-state index in [1.54, 1.807) is 34.1 Å². The Bertz CT molecular complexity index is 1640. The third-order valence-corrected chi connectivity index (χ3v) is 10.5. The lowest BCUT2D eigenvalue weighted by molar-refractivity contribution is -0.148. The molecule has 14 heteroatoms. The maximum absolute atomic E-state index is 14.5. The van der Waals surface area contributed by atoms with Crippen molar-refractivity contribution < 1.29 is 37.9 Å². The molecule has 0 saturated carbocycles. The van der Waals surface area contributed by atoms with Crippen molar-refractivity contribution in [3.8, 4) is 5.75 Å². The Labute approximate surface area is 251 Å². The normalized spacial score (nSPS) is 22.7. The van der Waals surface area contributed by atoms with E-state index in [1.165, 1.54) is 24.6 Å². The van der Waals surface area contributed by atoms with Gasteiger partial charge in [-0.15, -0.1) is 11.3 Å². The van der Waals surface area contributed by atoms with Crippen molar-refractivity contribution in [3.05, 3.63) is 58.5 Å². The van der Waals surface area contributed by atoms with Crippen LogP contribution >= 0.6 is 18.9 Å². The van der Waals surface area contributed by atoms with E-state index in [4.69, 9.17) is 4.74 Å². The highest BCUT2D eigenvalue weighted by atomic mass is 32.1. The first-order valence-electron chi connectivity index (χ1n) is 14.2. The molecular weight excluding hydrogens is 598 g/mol. The van der Waals surface area contributed by atoms with Crippen LogP contribution in [-0.4, -0.2) is 80.6 Å². The van der Waals surface area contributed by atoms with Gasteiger partial charge in [0.25, 0.3) is 5.91 Å². The lowest BCUT2D eigenvalue weighted by Crippen LogP contribution is -2.58. The number of aromatic nitrogens is 1. The van der Waals surface area contributed by atoms with E-state index >= 15 is 0 Å². The number of amides is 3. The smallest absolute Gasteiger partial charge is 0.329 e. The van der Waals surface area contributed by atoms with Gasteiger partial charge in [0.05, 0.1) is 30.5 Å². The molecule has 2 aromatic heterocycles. The van der Waals surface area contributed by atoms with Crippen molar-refractivity contribution in [1.82, 2.24) is 20.1 Å². The number of benzene rings is 1. The molecular formula is C29H32FN4O7PS. The number of likely N-dealkylation sites (tertiary alicyclic amines) is 1. The first kappa shape index (κ1) is 29.7. The maximum Gasteiger partial charge on any atom is 0.329 e. The van der Waals surface area contributed by atoms with Crippen LogP contribution in [0.1, 0.15) is 58.8 Å². The second-order valence-corrected chi connectivity index (χ2v) is 14.2. The summed E-state index contributed by atoms with van der Waals surface area (Å²) in [6, 6.07) is 5.19. The molecule has 1 aromatic carbocycles. The zero-order valence-corrected chi connectivity index (χ0v) is 25.2. The highest BCUT2D eigenvalue weighted by molar-refractivity contribution is 7.50. The molecule has 0 aliphatic carbocycles. The summed E-state index contributed by atoms with van der Waals surface area (Å²) in [5.74, 6) is -1.19. The molecule has 3 aliphatic rings. The van der Waals surface area contributed by atoms with Crippen molar-refractivity contribution in [2.24, 2.45) is 0 Å². The molecule has 228 valence electrons. The first-order valence-corrected chi connectivity index (χ1v) is 16.8. The van der Waals surface area contributed by atoms with Crippen molar-refractivity contribution in [2.75, 3.05) is 20.2 Å². The van der Waals surface area contributed by atoms with Gasteiger partial charge >= 0.3 is 7.60 Å². The SMILES string of the molecule is COc1cncc(F)c1C1CN(C(=O)[C@@H]2CC[C@@H]3CCC[C@H](NC(=O)c4cc5cc(CP(=O)(O)O)ccc5s4)C(=O)N32)C1. The van der Waals surface area contributed by atoms with E-state index in [9.17, 15) is 33.1 Å². The van der Waals surface area contributed by atoms with Crippen molar-refractivity contribution in [2.45, 2.75) is 62.3 Å². The van der Waals surface area contributed by atoms with Crippen LogP contribution < -0.4 is 10.1 Å². The first-order chi connectivity index (χ1) is 20.5. The topological polar surface area (TPSA) is 149 Å². The van der Waals surface area contributed by atoms with Gasteiger partial charge < -0.3 is 29.6 Å². The quantitative estimate of drug-likeness (QED) is 0.337. The van der Waals surface area contributed by atoms with Crippen molar-refractivity contribution in [3.63, 3.8) is 0 Å². The summed E-state index contributed by atoms with van der Waals surface area (Å²) in [5.41, 5.74) is 0.873. The number of hydrogen-bond donors (Lipinski definition) is 3. The summed E-state index contributed by atoms with van der Waals surface area (Å²) in [5, 5.41) is 3.58. The number of carbonyl (C=O) groups excluding carboxylic acids is 3. The lowest BCUT2D eigenvalue weighted by atomic mass is 9.90. The van der Waals surface area contributed by atoms with Crippen LogP contribution in [0.15, 0.2) is 36.7 Å². The van der Waals surface area contributed by atoms with Gasteiger partial charge in [0, 0.05) is 35.3 Å². The zero-order chi connectivity index (χ0) is 30.5. The molecule has 3 N–H and O–H groups in total. The second kappa shape index (κ2) is 11.6. The average molecular weight is 631 g/mol. The third-order valence-electron chi connectivity index (χ3n) is 8.59. The minimum atomic E-state index is -4.23. The van der Waals surface area contributed by atoms with Gasteiger partial charge in [-0.05, 0) is 61.3 Å². The molecule has 3 amide bonds. The number of nitrogens with one attached hydrogen (secondary N) is 1. The standard InChI is InChI=1S/C29H32FN4O7PS/c1-41-23-12-31-11-20(30)26(23)18-13-33(14-18)29(37)22-7-6-19-3-2-4-21(28(36)34(19)22)32-27(35)25-10-17-9-16(15-42(38,39)40)5-8-24(17)43-25/h5,8-12,18-19,21-22H,2-4,6-7,13-15H2,1H3,(H,32,35)(H2,38,39,40)/t19-,21-,22-/m0/s1. The Morgan fingerprint density at radius 2 is 1.95 bits per heavy atom. The Balaban J connectivity index is 1.13. The second-order valence-electron chi connectivity index (χ2n) is 11.4. The van der Waals surface area contributed by atoms with Crippen molar-refractivity contribution >= 4 is 46.7 Å². The van der Waals surface area contributed by atoms with E-state index in [1.807, 2.05) is 0 Å². The average Bonchev–Trinajstić information content (AvgIpc) is 3.51. The Hall–Kier alpha value is -3.38. The number of carbonyl (C=O) groups is 3. The Morgan fingerprint density at radius 1 is 1.16 bits per heavy atom. The summed E-state index contributed by atoms with van der Waals surface area (Å²) in [6.07, 6.45) is 5.38. The lowest BCUT2D eigenvalue weighted by Gasteiger charge is -2.43. The van der Waals surface area contributed by atoms with Gasteiger partial charge in [0.2, 0.25) is 11.8 Å². The number of methoxy groups -OCH3 is 1. The van der Waals surface area contributed by atoms with Crippen LogP contribution in [0.2, 0.25) is 0 Å². The highest BCUT2D eigenvalue weighted by Crippen LogP contribution is 2.41. The summed E-state index contributed by atoms with van der Waals surface area (Å²) in [4.78, 5) is 66.8. The molecule has 0 spiro atoms. The molecule has 3 fully saturated rings. The Kier molecular flexibility index (Phi) is 8.01. The van der Waals surface area contributed by atoms with Crippen LogP contribution in [0.5, 0.6) is 5.75 Å². The largest absolute Gasteiger partial charge is 0.495 e. The maximum atomic E-state index is 14.5. The van der Waals surface area contributed by atoms with Gasteiger partial charge in [-0.25, -0.2) is 4.39 Å². The van der Waals surface area contributed by atoms with E-state index in [0.717, 1.165) is 23.7 Å². The molecule has 3 saturated heterocycles. The third kappa shape index (κ3) is 5.91. The van der Waals surface area contributed by atoms with Crippen LogP contribution in [0.4, 0.5) is 4.39 Å². The highest BCUT2D eigenvalue weighted by Gasteiger charge is 2.48. The number of pyridine rings is 1. The van der Waals surface area contributed by atoms with Gasteiger partial charge in [-0.1, -0.05) is 6.07 Å². The van der Waals surface area contributed by atoms with E-state index < -0.39 is 31.4 Å². The minimum absolute atomic E-state index is 0.0741. The number of thiophene rings is 1. The van der Waals surface area contributed by atoms with Gasteiger partial charge in [0.15, 0.2) is 0 Å². The van der Waals surface area contributed by atoms with E-state index in [2.05, 4.69) is 10.3 Å². The Morgan fingerprint density at radius 3 is 2.70 bits per heavy atom. The summed E-state index contributed by atoms with van der Waals surface area (Å²) in [7, 11) is -2.78. The van der Waals surface area contributed by atoms with Crippen LogP contribution in [-0.2, 0) is 20.3 Å². The molecule has 3 atom stereocenters. The minimum Gasteiger partial charge on any atom is -0.495 e. The molecule has 3 aliphatic heterocycles. The molecule has 5 heterocycles. The van der Waals surface area contributed by atoms with Gasteiger partial charge in [0.1, 0.15) is 23.7 Å². The number of hydrogen-bond acceptors (Lipinski definition) is 7. The fourth-order valence-corrected chi connectivity index (χ4v) is 8.16. The summed E-state index contributed by atoms with van der Waals surface area (Å²) >= 11 is 1.24. The van der Waals surface area contributed by atoms with Crippen LogP contribution in [0, 0.1) is 5.82 Å². The summed E-state index contributed by atoms with van der Waals surface area (Å²) in [6.45, 7) is 0.641. The predicted molar refractivity (Wildman–Crippen MR) is 156 cm³/mol. The monoisotopic (exact) mass is 630 g/mol. The molecule has 0 bridgehead atoms. The molecule has 11 nitrogen and oxygen atoms in total. The number of nitrogens with zero attached hydrogens (tertiary/aromatic N) is 3. The summed E-state index contributed by atoms with van der Waals surface area (Å²) < 4.78 is 32.0. The molecule has 0 unspecified atom stereocenters. The fourth-order valence-electron chi connectivity index (χ4n) is 6.55.